The summed E-state index contributed by atoms with van der Waals surface area (Å²) >= 11 is 1.63. The van der Waals surface area contributed by atoms with Crippen LogP contribution in [0.4, 0.5) is 10.8 Å². The van der Waals surface area contributed by atoms with Gasteiger partial charge >= 0.3 is 11.9 Å². The van der Waals surface area contributed by atoms with Gasteiger partial charge in [0.15, 0.2) is 5.13 Å². The maximum Gasteiger partial charge on any atom is 0.303 e. The van der Waals surface area contributed by atoms with Crippen LogP contribution in [0.5, 0.6) is 11.5 Å². The van der Waals surface area contributed by atoms with E-state index in [0.717, 1.165) is 45.7 Å². The Morgan fingerprint density at radius 2 is 1.68 bits per heavy atom. The monoisotopic (exact) mass is 487 g/mol. The molecule has 1 saturated heterocycles. The zero-order valence-corrected chi connectivity index (χ0v) is 19.8. The van der Waals surface area contributed by atoms with Crippen molar-refractivity contribution in [1.29, 1.82) is 0 Å². The summed E-state index contributed by atoms with van der Waals surface area (Å²) in [5.74, 6) is -0.423. The smallest absolute Gasteiger partial charge is 0.303 e. The highest BCUT2D eigenvalue weighted by Gasteiger charge is 2.11. The molecule has 4 rings (SSSR count). The van der Waals surface area contributed by atoms with E-state index in [1.807, 2.05) is 42.5 Å². The van der Waals surface area contributed by atoms with Gasteiger partial charge in [-0.05, 0) is 62.3 Å². The van der Waals surface area contributed by atoms with E-state index in [9.17, 15) is 9.59 Å². The van der Waals surface area contributed by atoms with Gasteiger partial charge in [-0.2, -0.15) is 0 Å². The lowest BCUT2D eigenvalue weighted by molar-refractivity contribution is -0.143. The first-order chi connectivity index (χ1) is 16.4. The number of aliphatic carboxylic acids is 2. The van der Waals surface area contributed by atoms with Crippen molar-refractivity contribution < 1.29 is 29.3 Å². The fraction of sp³-hybridized carbons (Fsp3) is 0.375. The minimum Gasteiger partial charge on any atom is -0.497 e. The molecule has 0 radical (unpaired) electrons. The van der Waals surface area contributed by atoms with E-state index in [1.165, 1.54) is 25.9 Å². The molecule has 1 aromatic heterocycles. The molecule has 182 valence electrons. The maximum absolute atomic E-state index is 9.64. The molecule has 0 atom stereocenters. The number of benzene rings is 2. The first-order valence-electron chi connectivity index (χ1n) is 11.0. The number of thiazole rings is 1. The normalized spacial score (nSPS) is 13.2. The van der Waals surface area contributed by atoms with Crippen LogP contribution in [0.25, 0.3) is 10.2 Å². The largest absolute Gasteiger partial charge is 0.497 e. The molecule has 0 bridgehead atoms. The summed E-state index contributed by atoms with van der Waals surface area (Å²) in [6.07, 6.45) is 2.04. The average molecular weight is 488 g/mol. The molecule has 1 aliphatic heterocycles. The molecule has 2 aromatic carbocycles. The minimum absolute atomic E-state index is 0.296. The summed E-state index contributed by atoms with van der Waals surface area (Å²) in [5.41, 5.74) is 1.95. The van der Waals surface area contributed by atoms with Crippen molar-refractivity contribution in [2.75, 3.05) is 38.7 Å². The summed E-state index contributed by atoms with van der Waals surface area (Å²) in [5, 5.41) is 20.0. The van der Waals surface area contributed by atoms with Crippen LogP contribution < -0.4 is 14.8 Å². The molecule has 0 aliphatic carbocycles. The van der Waals surface area contributed by atoms with Gasteiger partial charge in [0.1, 0.15) is 18.1 Å². The van der Waals surface area contributed by atoms with Gasteiger partial charge < -0.3 is 25.0 Å². The van der Waals surface area contributed by atoms with Crippen LogP contribution in [0.15, 0.2) is 42.5 Å². The zero-order chi connectivity index (χ0) is 24.3. The molecule has 10 heteroatoms. The molecule has 0 spiro atoms. The molecule has 1 aliphatic rings. The summed E-state index contributed by atoms with van der Waals surface area (Å²) in [4.78, 5) is 26.4. The number of methoxy groups -OCH3 is 1. The van der Waals surface area contributed by atoms with Gasteiger partial charge in [0.2, 0.25) is 0 Å². The number of carboxylic acids is 2. The van der Waals surface area contributed by atoms with Crippen molar-refractivity contribution in [2.24, 2.45) is 0 Å². The quantitative estimate of drug-likeness (QED) is 0.380. The predicted octanol–water partition coefficient (Wildman–Crippen LogP) is 4.46. The number of ether oxygens (including phenoxy) is 2. The molecule has 3 aromatic rings. The zero-order valence-electron chi connectivity index (χ0n) is 19.0. The molecule has 0 amide bonds. The van der Waals surface area contributed by atoms with E-state index >= 15 is 0 Å². The fourth-order valence-corrected chi connectivity index (χ4v) is 4.22. The topological polar surface area (TPSA) is 121 Å². The second-order valence-corrected chi connectivity index (χ2v) is 8.72. The Balaban J connectivity index is 0.000000350. The van der Waals surface area contributed by atoms with Crippen LogP contribution in [0.1, 0.15) is 25.7 Å². The van der Waals surface area contributed by atoms with Gasteiger partial charge in [0.05, 0.1) is 30.2 Å². The molecular formula is C24H29N3O6S. The Bertz CT molecular complexity index is 1070. The van der Waals surface area contributed by atoms with E-state index in [1.54, 1.807) is 18.4 Å². The van der Waals surface area contributed by atoms with E-state index in [0.29, 0.717) is 0 Å². The number of hydrogen-bond donors (Lipinski definition) is 3. The van der Waals surface area contributed by atoms with E-state index in [4.69, 9.17) is 19.7 Å². The van der Waals surface area contributed by atoms with Crippen LogP contribution in [0.2, 0.25) is 0 Å². The van der Waals surface area contributed by atoms with Crippen LogP contribution >= 0.6 is 11.3 Å². The van der Waals surface area contributed by atoms with Crippen molar-refractivity contribution in [3.63, 3.8) is 0 Å². The predicted molar refractivity (Wildman–Crippen MR) is 132 cm³/mol. The number of likely N-dealkylation sites (tertiary alicyclic amines) is 1. The Labute approximate surface area is 201 Å². The summed E-state index contributed by atoms with van der Waals surface area (Å²) in [7, 11) is 1.67. The van der Waals surface area contributed by atoms with Gasteiger partial charge in [-0.3, -0.25) is 14.5 Å². The number of nitrogens with one attached hydrogen (secondary N) is 1. The third-order valence-corrected chi connectivity index (χ3v) is 6.08. The Kier molecular flexibility index (Phi) is 9.48. The lowest BCUT2D eigenvalue weighted by atomic mass is 10.3. The summed E-state index contributed by atoms with van der Waals surface area (Å²) < 4.78 is 12.2. The van der Waals surface area contributed by atoms with Crippen LogP contribution in [0.3, 0.4) is 0 Å². The molecule has 3 N–H and O–H groups in total. The van der Waals surface area contributed by atoms with Crippen LogP contribution in [-0.2, 0) is 9.59 Å². The number of hydrogen-bond acceptors (Lipinski definition) is 8. The number of carboxylic acid groups (broad SMARTS) is 2. The number of anilines is 2. The Morgan fingerprint density at radius 3 is 2.29 bits per heavy atom. The molecule has 34 heavy (non-hydrogen) atoms. The highest BCUT2D eigenvalue weighted by Crippen LogP contribution is 2.31. The Hall–Kier alpha value is -3.37. The molecule has 1 fully saturated rings. The second-order valence-electron chi connectivity index (χ2n) is 7.69. The van der Waals surface area contributed by atoms with Gasteiger partial charge in [-0.15, -0.1) is 0 Å². The van der Waals surface area contributed by atoms with E-state index < -0.39 is 11.9 Å². The molecule has 0 saturated carbocycles. The second kappa shape index (κ2) is 12.8. The van der Waals surface area contributed by atoms with Crippen LogP contribution in [-0.4, -0.2) is 65.4 Å². The minimum atomic E-state index is -1.08. The highest BCUT2D eigenvalue weighted by molar-refractivity contribution is 7.22. The molecule has 9 nitrogen and oxygen atoms in total. The van der Waals surface area contributed by atoms with Crippen molar-refractivity contribution in [3.8, 4) is 11.5 Å². The lowest BCUT2D eigenvalue weighted by Crippen LogP contribution is -2.25. The highest BCUT2D eigenvalue weighted by atomic mass is 32.1. The van der Waals surface area contributed by atoms with Gasteiger partial charge in [0.25, 0.3) is 0 Å². The van der Waals surface area contributed by atoms with E-state index in [2.05, 4.69) is 15.2 Å². The third kappa shape index (κ3) is 8.20. The van der Waals surface area contributed by atoms with Gasteiger partial charge in [-0.1, -0.05) is 11.3 Å². The van der Waals surface area contributed by atoms with E-state index in [-0.39, 0.29) is 12.8 Å². The molecular weight excluding hydrogens is 458 g/mol. The van der Waals surface area contributed by atoms with Gasteiger partial charge in [0, 0.05) is 18.3 Å². The average Bonchev–Trinajstić information content (AvgIpc) is 3.48. The first-order valence-corrected chi connectivity index (χ1v) is 11.8. The standard InChI is InChI=1S/C20H23N3O2S.C4H6O4/c1-24-17-8-9-19-18(14-17)22-20(26-19)21-15-4-6-16(7-5-15)25-13-12-23-10-2-3-11-23;5-3(6)1-2-4(7)8/h4-9,14H,2-3,10-13H2,1H3,(H,21,22);1-2H2,(H,5,6)(H,7,8). The van der Waals surface area contributed by atoms with Crippen LogP contribution in [0, 0.1) is 0 Å². The Morgan fingerprint density at radius 1 is 1.03 bits per heavy atom. The number of carbonyl (C=O) groups is 2. The summed E-state index contributed by atoms with van der Waals surface area (Å²) in [6.45, 7) is 4.17. The maximum atomic E-state index is 9.64. The van der Waals surface area contributed by atoms with Crippen molar-refractivity contribution in [1.82, 2.24) is 9.88 Å². The van der Waals surface area contributed by atoms with Gasteiger partial charge in [-0.25, -0.2) is 4.98 Å². The third-order valence-electron chi connectivity index (χ3n) is 5.13. The molecule has 2 heterocycles. The lowest BCUT2D eigenvalue weighted by Gasteiger charge is -2.15. The SMILES string of the molecule is COc1ccc2sc(Nc3ccc(OCCN4CCCC4)cc3)nc2c1.O=C(O)CCC(=O)O. The fourth-order valence-electron chi connectivity index (χ4n) is 3.36. The number of aromatic nitrogens is 1. The summed E-state index contributed by atoms with van der Waals surface area (Å²) in [6, 6.07) is 14.0. The number of rotatable bonds is 10. The number of fused-ring (bicyclic) bond motifs is 1. The van der Waals surface area contributed by atoms with Crippen molar-refractivity contribution in [2.45, 2.75) is 25.7 Å². The molecule has 0 unspecified atom stereocenters. The number of nitrogens with zero attached hydrogens (tertiary/aromatic N) is 2. The first kappa shape index (κ1) is 25.3. The van der Waals surface area contributed by atoms with Crippen molar-refractivity contribution >= 4 is 44.3 Å². The van der Waals surface area contributed by atoms with Crippen molar-refractivity contribution in [3.05, 3.63) is 42.5 Å².